The Labute approximate surface area is 145 Å². The van der Waals surface area contributed by atoms with Crippen molar-refractivity contribution in [2.24, 2.45) is 0 Å². The summed E-state index contributed by atoms with van der Waals surface area (Å²) >= 11 is 1.43. The average molecular weight is 345 g/mol. The number of ether oxygens (including phenoxy) is 2. The normalized spacial score (nSPS) is 10.1. The third-order valence-corrected chi connectivity index (χ3v) is 4.45. The molecule has 0 radical (unpaired) electrons. The average Bonchev–Trinajstić information content (AvgIpc) is 2.61. The molecule has 0 aliphatic heterocycles. The number of hydrogen-bond acceptors (Lipinski definition) is 5. The van der Waals surface area contributed by atoms with Gasteiger partial charge in [0.2, 0.25) is 5.91 Å². The lowest BCUT2D eigenvalue weighted by Gasteiger charge is -2.11. The van der Waals surface area contributed by atoms with E-state index in [2.05, 4.69) is 5.32 Å². The van der Waals surface area contributed by atoms with E-state index in [1.54, 1.807) is 32.2 Å². The van der Waals surface area contributed by atoms with Crippen molar-refractivity contribution >= 4 is 29.3 Å². The zero-order chi connectivity index (χ0) is 17.5. The zero-order valence-corrected chi connectivity index (χ0v) is 14.6. The Morgan fingerprint density at radius 1 is 1.08 bits per heavy atom. The minimum absolute atomic E-state index is 0.138. The first-order valence-corrected chi connectivity index (χ1v) is 8.28. The Balaban J connectivity index is 1.98. The number of hydrogen-bond donors (Lipinski definition) is 1. The molecule has 5 nitrogen and oxygen atoms in total. The van der Waals surface area contributed by atoms with E-state index in [4.69, 9.17) is 9.47 Å². The summed E-state index contributed by atoms with van der Waals surface area (Å²) in [5, 5.41) is 2.83. The molecule has 0 atom stereocenters. The second-order valence-electron chi connectivity index (χ2n) is 4.98. The number of nitrogens with one attached hydrogen (secondary N) is 1. The van der Waals surface area contributed by atoms with E-state index < -0.39 is 5.97 Å². The number of amides is 1. The summed E-state index contributed by atoms with van der Waals surface area (Å²) in [7, 11) is 2.94. The first-order chi connectivity index (χ1) is 11.5. The van der Waals surface area contributed by atoms with Gasteiger partial charge in [-0.05, 0) is 48.9 Å². The van der Waals surface area contributed by atoms with Gasteiger partial charge in [0, 0.05) is 10.6 Å². The van der Waals surface area contributed by atoms with E-state index in [1.165, 1.54) is 18.9 Å². The van der Waals surface area contributed by atoms with Crippen molar-refractivity contribution in [3.05, 3.63) is 53.6 Å². The van der Waals surface area contributed by atoms with Crippen molar-refractivity contribution in [1.82, 2.24) is 0 Å². The lowest BCUT2D eigenvalue weighted by atomic mass is 10.1. The van der Waals surface area contributed by atoms with Gasteiger partial charge in [-0.1, -0.05) is 6.07 Å². The third kappa shape index (κ3) is 4.52. The van der Waals surface area contributed by atoms with Crippen LogP contribution in [-0.2, 0) is 9.53 Å². The van der Waals surface area contributed by atoms with Crippen LogP contribution in [0.4, 0.5) is 5.69 Å². The summed E-state index contributed by atoms with van der Waals surface area (Å²) in [5.41, 5.74) is 1.74. The molecule has 1 N–H and O–H groups in total. The predicted octanol–water partition coefficient (Wildman–Crippen LogP) is 3.52. The molecule has 2 aromatic rings. The van der Waals surface area contributed by atoms with Gasteiger partial charge in [0.15, 0.2) is 0 Å². The van der Waals surface area contributed by atoms with Crippen molar-refractivity contribution in [1.29, 1.82) is 0 Å². The summed E-state index contributed by atoms with van der Waals surface area (Å²) < 4.78 is 9.84. The van der Waals surface area contributed by atoms with Crippen LogP contribution in [0.1, 0.15) is 15.9 Å². The van der Waals surface area contributed by atoms with Crippen molar-refractivity contribution in [2.75, 3.05) is 25.3 Å². The quantitative estimate of drug-likeness (QED) is 0.641. The summed E-state index contributed by atoms with van der Waals surface area (Å²) in [6.07, 6.45) is 0. The first kappa shape index (κ1) is 17.9. The maximum Gasteiger partial charge on any atom is 0.338 e. The number of thioether (sulfide) groups is 1. The highest BCUT2D eigenvalue weighted by Gasteiger charge is 2.13. The van der Waals surface area contributed by atoms with E-state index in [-0.39, 0.29) is 11.7 Å². The molecule has 126 valence electrons. The first-order valence-electron chi connectivity index (χ1n) is 7.29. The molecule has 1 amide bonds. The molecule has 0 aliphatic rings. The summed E-state index contributed by atoms with van der Waals surface area (Å²) in [6, 6.07) is 12.7. The lowest BCUT2D eigenvalue weighted by Crippen LogP contribution is -2.16. The smallest absolute Gasteiger partial charge is 0.338 e. The number of methoxy groups -OCH3 is 2. The Morgan fingerprint density at radius 2 is 1.79 bits per heavy atom. The number of esters is 1. The van der Waals surface area contributed by atoms with Gasteiger partial charge in [-0.2, -0.15) is 0 Å². The molecule has 2 aromatic carbocycles. The fraction of sp³-hybridized carbons (Fsp3) is 0.222. The van der Waals surface area contributed by atoms with Crippen molar-refractivity contribution in [2.45, 2.75) is 11.8 Å². The molecule has 0 fully saturated rings. The van der Waals surface area contributed by atoms with Gasteiger partial charge in [0.25, 0.3) is 0 Å². The molecule has 0 heterocycles. The predicted molar refractivity (Wildman–Crippen MR) is 94.9 cm³/mol. The van der Waals surface area contributed by atoms with Crippen LogP contribution in [0, 0.1) is 6.92 Å². The molecule has 0 unspecified atom stereocenters. The fourth-order valence-electron chi connectivity index (χ4n) is 2.11. The molecular weight excluding hydrogens is 326 g/mol. The molecule has 0 aromatic heterocycles. The van der Waals surface area contributed by atoms with Crippen LogP contribution in [0.15, 0.2) is 47.4 Å². The minimum atomic E-state index is -0.420. The van der Waals surface area contributed by atoms with Gasteiger partial charge in [0.05, 0.1) is 25.5 Å². The molecule has 0 bridgehead atoms. The molecule has 0 saturated carbocycles. The Hall–Kier alpha value is -2.47. The minimum Gasteiger partial charge on any atom is -0.497 e. The van der Waals surface area contributed by atoms with Gasteiger partial charge >= 0.3 is 5.97 Å². The molecule has 24 heavy (non-hydrogen) atoms. The number of anilines is 1. The van der Waals surface area contributed by atoms with E-state index in [0.29, 0.717) is 16.8 Å². The SMILES string of the molecule is COC(=O)c1cccc(NC(=O)CSc2ccc(OC)cc2)c1C. The molecule has 6 heteroatoms. The van der Waals surface area contributed by atoms with Gasteiger partial charge in [0.1, 0.15) is 5.75 Å². The van der Waals surface area contributed by atoms with Crippen LogP contribution in [0.2, 0.25) is 0 Å². The maximum atomic E-state index is 12.1. The second-order valence-corrected chi connectivity index (χ2v) is 6.03. The fourth-order valence-corrected chi connectivity index (χ4v) is 2.81. The van der Waals surface area contributed by atoms with Gasteiger partial charge in [-0.25, -0.2) is 4.79 Å². The van der Waals surface area contributed by atoms with Crippen molar-refractivity contribution in [3.63, 3.8) is 0 Å². The third-order valence-electron chi connectivity index (χ3n) is 3.44. The number of carbonyl (C=O) groups excluding carboxylic acids is 2. The summed E-state index contributed by atoms with van der Waals surface area (Å²) in [4.78, 5) is 24.8. The van der Waals surface area contributed by atoms with E-state index >= 15 is 0 Å². The molecule has 2 rings (SSSR count). The second kappa shape index (κ2) is 8.40. The van der Waals surface area contributed by atoms with Crippen LogP contribution >= 0.6 is 11.8 Å². The maximum absolute atomic E-state index is 12.1. The highest BCUT2D eigenvalue weighted by molar-refractivity contribution is 8.00. The molecule has 0 saturated heterocycles. The van der Waals surface area contributed by atoms with Crippen LogP contribution in [-0.4, -0.2) is 31.8 Å². The zero-order valence-electron chi connectivity index (χ0n) is 13.8. The van der Waals surface area contributed by atoms with Crippen LogP contribution < -0.4 is 10.1 Å². The van der Waals surface area contributed by atoms with Crippen molar-refractivity contribution < 1.29 is 19.1 Å². The van der Waals surface area contributed by atoms with Gasteiger partial charge < -0.3 is 14.8 Å². The molecular formula is C18H19NO4S. The molecule has 0 spiro atoms. The number of benzene rings is 2. The Morgan fingerprint density at radius 3 is 2.42 bits per heavy atom. The summed E-state index contributed by atoms with van der Waals surface area (Å²) in [5.74, 6) is 0.491. The van der Waals surface area contributed by atoms with E-state index in [9.17, 15) is 9.59 Å². The Bertz CT molecular complexity index is 728. The largest absolute Gasteiger partial charge is 0.497 e. The molecule has 0 aliphatic carbocycles. The van der Waals surface area contributed by atoms with Crippen molar-refractivity contribution in [3.8, 4) is 5.75 Å². The number of carbonyl (C=O) groups is 2. The van der Waals surface area contributed by atoms with Gasteiger partial charge in [-0.15, -0.1) is 11.8 Å². The monoisotopic (exact) mass is 345 g/mol. The standard InChI is InChI=1S/C18H19NO4S/c1-12-15(18(21)23-3)5-4-6-16(12)19-17(20)11-24-14-9-7-13(22-2)8-10-14/h4-10H,11H2,1-3H3,(H,19,20). The van der Waals surface area contributed by atoms with Crippen LogP contribution in [0.25, 0.3) is 0 Å². The highest BCUT2D eigenvalue weighted by atomic mass is 32.2. The number of rotatable bonds is 6. The van der Waals surface area contributed by atoms with E-state index in [1.807, 2.05) is 24.3 Å². The Kier molecular flexibility index (Phi) is 6.26. The summed E-state index contributed by atoms with van der Waals surface area (Å²) in [6.45, 7) is 1.78. The van der Waals surface area contributed by atoms with E-state index in [0.717, 1.165) is 10.6 Å². The lowest BCUT2D eigenvalue weighted by molar-refractivity contribution is -0.113. The van der Waals surface area contributed by atoms with Crippen LogP contribution in [0.3, 0.4) is 0 Å². The highest BCUT2D eigenvalue weighted by Crippen LogP contribution is 2.23. The topological polar surface area (TPSA) is 64.6 Å². The van der Waals surface area contributed by atoms with Crippen LogP contribution in [0.5, 0.6) is 5.75 Å². The van der Waals surface area contributed by atoms with Gasteiger partial charge in [-0.3, -0.25) is 4.79 Å².